The Labute approximate surface area is 110 Å². The summed E-state index contributed by atoms with van der Waals surface area (Å²) in [7, 11) is 0. The molecule has 1 aliphatic rings. The monoisotopic (exact) mass is 271 g/mol. The third-order valence-corrected chi connectivity index (χ3v) is 3.35. The zero-order valence-electron chi connectivity index (χ0n) is 10.8. The molecule has 0 unspecified atom stereocenters. The molecule has 0 bridgehead atoms. The minimum atomic E-state index is -4.37. The van der Waals surface area contributed by atoms with Gasteiger partial charge in [-0.25, -0.2) is 0 Å². The zero-order chi connectivity index (χ0) is 14.3. The van der Waals surface area contributed by atoms with Crippen LogP contribution in [0.15, 0.2) is 24.3 Å². The standard InChI is InChI=1S/C14H16F3NO/c1-9(2)18-12(19)13(6-7-13)10-4-3-5-11(8-10)14(15,16)17/h3-5,8-9H,6-7H2,1-2H3,(H,18,19). The average Bonchev–Trinajstić information content (AvgIpc) is 3.08. The number of nitrogens with one attached hydrogen (secondary N) is 1. The van der Waals surface area contributed by atoms with Crippen LogP contribution in [0.2, 0.25) is 0 Å². The molecule has 5 heteroatoms. The summed E-state index contributed by atoms with van der Waals surface area (Å²) in [6.07, 6.45) is -3.17. The molecule has 1 aromatic rings. The first-order valence-electron chi connectivity index (χ1n) is 6.24. The van der Waals surface area contributed by atoms with Crippen LogP contribution in [0.3, 0.4) is 0 Å². The Morgan fingerprint density at radius 2 is 1.95 bits per heavy atom. The van der Waals surface area contributed by atoms with Crippen LogP contribution in [0.4, 0.5) is 13.2 Å². The van der Waals surface area contributed by atoms with Crippen LogP contribution >= 0.6 is 0 Å². The molecule has 0 heterocycles. The molecule has 0 spiro atoms. The summed E-state index contributed by atoms with van der Waals surface area (Å²) in [6.45, 7) is 3.67. The summed E-state index contributed by atoms with van der Waals surface area (Å²) in [5.41, 5.74) is -1.000. The molecule has 1 aromatic carbocycles. The van der Waals surface area contributed by atoms with E-state index in [1.54, 1.807) is 6.07 Å². The predicted octanol–water partition coefficient (Wildman–Crippen LogP) is 3.26. The van der Waals surface area contributed by atoms with Crippen molar-refractivity contribution in [3.63, 3.8) is 0 Å². The van der Waals surface area contributed by atoms with Gasteiger partial charge in [0, 0.05) is 6.04 Å². The van der Waals surface area contributed by atoms with E-state index in [9.17, 15) is 18.0 Å². The van der Waals surface area contributed by atoms with Gasteiger partial charge in [-0.05, 0) is 38.3 Å². The second-order valence-corrected chi connectivity index (χ2v) is 5.29. The largest absolute Gasteiger partial charge is 0.416 e. The van der Waals surface area contributed by atoms with Gasteiger partial charge in [-0.3, -0.25) is 4.79 Å². The lowest BCUT2D eigenvalue weighted by Gasteiger charge is -2.19. The van der Waals surface area contributed by atoms with Crippen LogP contribution < -0.4 is 5.32 Å². The molecule has 1 saturated carbocycles. The van der Waals surface area contributed by atoms with Crippen molar-refractivity contribution in [1.82, 2.24) is 5.32 Å². The van der Waals surface area contributed by atoms with E-state index in [1.165, 1.54) is 6.07 Å². The molecule has 0 atom stereocenters. The lowest BCUT2D eigenvalue weighted by molar-refractivity contribution is -0.137. The number of alkyl halides is 3. The third kappa shape index (κ3) is 2.74. The number of amides is 1. The molecule has 104 valence electrons. The maximum atomic E-state index is 12.7. The van der Waals surface area contributed by atoms with Crippen LogP contribution in [0, 0.1) is 0 Å². The summed E-state index contributed by atoms with van der Waals surface area (Å²) in [4.78, 5) is 12.1. The summed E-state index contributed by atoms with van der Waals surface area (Å²) in [5.74, 6) is -0.179. The van der Waals surface area contributed by atoms with Crippen molar-refractivity contribution in [3.05, 3.63) is 35.4 Å². The second-order valence-electron chi connectivity index (χ2n) is 5.29. The van der Waals surface area contributed by atoms with E-state index < -0.39 is 17.2 Å². The molecule has 2 nitrogen and oxygen atoms in total. The van der Waals surface area contributed by atoms with E-state index >= 15 is 0 Å². The minimum absolute atomic E-state index is 0.0178. The van der Waals surface area contributed by atoms with Crippen molar-refractivity contribution < 1.29 is 18.0 Å². The highest BCUT2D eigenvalue weighted by atomic mass is 19.4. The average molecular weight is 271 g/mol. The van der Waals surface area contributed by atoms with E-state index in [1.807, 2.05) is 13.8 Å². The molecule has 0 saturated heterocycles. The van der Waals surface area contributed by atoms with Crippen molar-refractivity contribution >= 4 is 5.91 Å². The first-order chi connectivity index (χ1) is 8.75. The van der Waals surface area contributed by atoms with Crippen LogP contribution in [0.25, 0.3) is 0 Å². The van der Waals surface area contributed by atoms with E-state index in [2.05, 4.69) is 5.32 Å². The number of benzene rings is 1. The van der Waals surface area contributed by atoms with Gasteiger partial charge in [0.05, 0.1) is 11.0 Å². The number of carbonyl (C=O) groups excluding carboxylic acids is 1. The highest BCUT2D eigenvalue weighted by Crippen LogP contribution is 2.49. The first kappa shape index (κ1) is 13.9. The van der Waals surface area contributed by atoms with Crippen molar-refractivity contribution in [3.8, 4) is 0 Å². The summed E-state index contributed by atoms with van der Waals surface area (Å²) in [6, 6.07) is 5.06. The van der Waals surface area contributed by atoms with Gasteiger partial charge in [0.2, 0.25) is 5.91 Å². The Kier molecular flexibility index (Phi) is 3.32. The van der Waals surface area contributed by atoms with Crippen molar-refractivity contribution in [2.24, 2.45) is 0 Å². The van der Waals surface area contributed by atoms with Crippen LogP contribution in [-0.4, -0.2) is 11.9 Å². The fraction of sp³-hybridized carbons (Fsp3) is 0.500. The normalized spacial score (nSPS) is 17.4. The molecule has 1 N–H and O–H groups in total. The number of carbonyl (C=O) groups is 1. The molecule has 19 heavy (non-hydrogen) atoms. The van der Waals surface area contributed by atoms with Gasteiger partial charge in [0.1, 0.15) is 0 Å². The lowest BCUT2D eigenvalue weighted by Crippen LogP contribution is -2.38. The smallest absolute Gasteiger partial charge is 0.353 e. The first-order valence-corrected chi connectivity index (χ1v) is 6.24. The third-order valence-electron chi connectivity index (χ3n) is 3.35. The van der Waals surface area contributed by atoms with Gasteiger partial charge >= 0.3 is 6.18 Å². The molecule has 0 radical (unpaired) electrons. The number of rotatable bonds is 3. The molecule has 0 aliphatic heterocycles. The Hall–Kier alpha value is -1.52. The van der Waals surface area contributed by atoms with E-state index in [-0.39, 0.29) is 11.9 Å². The van der Waals surface area contributed by atoms with Gasteiger partial charge in [-0.2, -0.15) is 13.2 Å². The maximum absolute atomic E-state index is 12.7. The van der Waals surface area contributed by atoms with Crippen molar-refractivity contribution in [1.29, 1.82) is 0 Å². The second kappa shape index (κ2) is 4.54. The molecule has 1 amide bonds. The van der Waals surface area contributed by atoms with E-state index in [4.69, 9.17) is 0 Å². The van der Waals surface area contributed by atoms with Gasteiger partial charge in [-0.1, -0.05) is 18.2 Å². The zero-order valence-corrected chi connectivity index (χ0v) is 10.8. The highest BCUT2D eigenvalue weighted by molar-refractivity contribution is 5.91. The lowest BCUT2D eigenvalue weighted by atomic mass is 9.93. The molecule has 1 fully saturated rings. The van der Waals surface area contributed by atoms with Crippen molar-refractivity contribution in [2.75, 3.05) is 0 Å². The minimum Gasteiger partial charge on any atom is -0.353 e. The topological polar surface area (TPSA) is 29.1 Å². The van der Waals surface area contributed by atoms with Crippen LogP contribution in [0.1, 0.15) is 37.8 Å². The fourth-order valence-corrected chi connectivity index (χ4v) is 2.17. The van der Waals surface area contributed by atoms with Crippen LogP contribution in [-0.2, 0) is 16.4 Å². The van der Waals surface area contributed by atoms with E-state index in [0.717, 1.165) is 12.1 Å². The highest BCUT2D eigenvalue weighted by Gasteiger charge is 2.51. The Morgan fingerprint density at radius 1 is 1.32 bits per heavy atom. The molecule has 1 aliphatic carbocycles. The van der Waals surface area contributed by atoms with Gasteiger partial charge in [0.15, 0.2) is 0 Å². The van der Waals surface area contributed by atoms with Gasteiger partial charge in [0.25, 0.3) is 0 Å². The Bertz CT molecular complexity index is 490. The predicted molar refractivity (Wildman–Crippen MR) is 65.6 cm³/mol. The quantitative estimate of drug-likeness (QED) is 0.898. The number of halogens is 3. The van der Waals surface area contributed by atoms with Crippen LogP contribution in [0.5, 0.6) is 0 Å². The fourth-order valence-electron chi connectivity index (χ4n) is 2.17. The molecular weight excluding hydrogens is 255 g/mol. The number of hydrogen-bond acceptors (Lipinski definition) is 1. The van der Waals surface area contributed by atoms with Gasteiger partial charge < -0.3 is 5.32 Å². The maximum Gasteiger partial charge on any atom is 0.416 e. The molecule has 2 rings (SSSR count). The Balaban J connectivity index is 2.29. The van der Waals surface area contributed by atoms with E-state index in [0.29, 0.717) is 18.4 Å². The number of hydrogen-bond donors (Lipinski definition) is 1. The molecule has 0 aromatic heterocycles. The summed E-state index contributed by atoms with van der Waals surface area (Å²) < 4.78 is 38.1. The van der Waals surface area contributed by atoms with Gasteiger partial charge in [-0.15, -0.1) is 0 Å². The summed E-state index contributed by atoms with van der Waals surface area (Å²) >= 11 is 0. The SMILES string of the molecule is CC(C)NC(=O)C1(c2cccc(C(F)(F)F)c2)CC1. The summed E-state index contributed by atoms with van der Waals surface area (Å²) in [5, 5.41) is 2.78. The van der Waals surface area contributed by atoms with Crippen molar-refractivity contribution in [2.45, 2.75) is 44.3 Å². The Morgan fingerprint density at radius 3 is 2.42 bits per heavy atom. The molecular formula is C14H16F3NO.